The van der Waals surface area contributed by atoms with Crippen molar-refractivity contribution in [1.29, 1.82) is 0 Å². The molecular formula is C15H18BBrO3S2. The minimum absolute atomic E-state index is 0.297. The zero-order valence-corrected chi connectivity index (χ0v) is 16.4. The van der Waals surface area contributed by atoms with Gasteiger partial charge in [-0.1, -0.05) is 6.07 Å². The Kier molecular flexibility index (Phi) is 4.23. The van der Waals surface area contributed by atoms with E-state index in [0.717, 1.165) is 14.3 Å². The maximum atomic E-state index is 6.11. The molecule has 0 amide bonds. The van der Waals surface area contributed by atoms with Gasteiger partial charge in [0.05, 0.1) is 18.3 Å². The first-order chi connectivity index (χ1) is 10.2. The third kappa shape index (κ3) is 2.78. The van der Waals surface area contributed by atoms with E-state index in [0.29, 0.717) is 0 Å². The molecule has 0 unspecified atom stereocenters. The summed E-state index contributed by atoms with van der Waals surface area (Å²) in [6, 6.07) is 6.25. The summed E-state index contributed by atoms with van der Waals surface area (Å²) in [6.45, 7) is 8.29. The summed E-state index contributed by atoms with van der Waals surface area (Å²) in [5.41, 5.74) is -0.617. The van der Waals surface area contributed by atoms with Crippen LogP contribution in [0.15, 0.2) is 22.0 Å². The minimum atomic E-state index is -0.309. The average Bonchev–Trinajstić information content (AvgIpc) is 3.07. The highest BCUT2D eigenvalue weighted by molar-refractivity contribution is 9.11. The molecule has 0 spiro atoms. The van der Waals surface area contributed by atoms with Crippen molar-refractivity contribution in [3.8, 4) is 15.5 Å². The Labute approximate surface area is 147 Å². The van der Waals surface area contributed by atoms with E-state index in [4.69, 9.17) is 14.0 Å². The van der Waals surface area contributed by atoms with Gasteiger partial charge in [-0.3, -0.25) is 0 Å². The van der Waals surface area contributed by atoms with Gasteiger partial charge in [-0.05, 0) is 49.7 Å². The maximum absolute atomic E-state index is 6.11. The van der Waals surface area contributed by atoms with Crippen LogP contribution < -0.4 is 9.51 Å². The summed E-state index contributed by atoms with van der Waals surface area (Å²) in [4.78, 5) is 2.37. The van der Waals surface area contributed by atoms with Gasteiger partial charge < -0.3 is 14.0 Å². The molecule has 0 aliphatic carbocycles. The normalized spacial score (nSPS) is 19.6. The SMILES string of the molecule is COc1cc(-c2ccc(B3OC(C)(C)C(C)(C)O3)s2)sc1Br. The van der Waals surface area contributed by atoms with Crippen LogP contribution in [0.3, 0.4) is 0 Å². The molecule has 1 fully saturated rings. The first-order valence-electron chi connectivity index (χ1n) is 7.02. The Balaban J connectivity index is 1.86. The van der Waals surface area contributed by atoms with Gasteiger partial charge in [-0.15, -0.1) is 22.7 Å². The molecule has 0 radical (unpaired) electrons. The number of rotatable bonds is 3. The van der Waals surface area contributed by atoms with E-state index in [1.807, 2.05) is 0 Å². The molecule has 7 heteroatoms. The molecule has 0 atom stereocenters. The van der Waals surface area contributed by atoms with E-state index < -0.39 is 0 Å². The number of hydrogen-bond donors (Lipinski definition) is 0. The van der Waals surface area contributed by atoms with Crippen molar-refractivity contribution in [2.75, 3.05) is 7.11 Å². The van der Waals surface area contributed by atoms with Gasteiger partial charge in [0.2, 0.25) is 0 Å². The third-order valence-electron chi connectivity index (χ3n) is 4.23. The zero-order chi connectivity index (χ0) is 16.1. The molecular weight excluding hydrogens is 383 g/mol. The van der Waals surface area contributed by atoms with Crippen LogP contribution in [0.25, 0.3) is 9.75 Å². The number of hydrogen-bond acceptors (Lipinski definition) is 5. The summed E-state index contributed by atoms with van der Waals surface area (Å²) in [5.74, 6) is 0.866. The molecule has 0 bridgehead atoms. The highest BCUT2D eigenvalue weighted by atomic mass is 79.9. The van der Waals surface area contributed by atoms with Crippen molar-refractivity contribution in [2.45, 2.75) is 38.9 Å². The van der Waals surface area contributed by atoms with E-state index in [1.165, 1.54) is 9.75 Å². The Morgan fingerprint density at radius 2 is 1.68 bits per heavy atom. The maximum Gasteiger partial charge on any atom is 0.505 e. The number of ether oxygens (including phenoxy) is 1. The summed E-state index contributed by atoms with van der Waals surface area (Å²) in [6.07, 6.45) is 0. The lowest BCUT2D eigenvalue weighted by Gasteiger charge is -2.32. The molecule has 0 saturated carbocycles. The zero-order valence-electron chi connectivity index (χ0n) is 13.2. The highest BCUT2D eigenvalue weighted by Gasteiger charge is 2.52. The van der Waals surface area contributed by atoms with Gasteiger partial charge in [0, 0.05) is 20.6 Å². The van der Waals surface area contributed by atoms with Gasteiger partial charge in [-0.25, -0.2) is 0 Å². The van der Waals surface area contributed by atoms with Gasteiger partial charge in [0.25, 0.3) is 0 Å². The van der Waals surface area contributed by atoms with E-state index in [1.54, 1.807) is 29.8 Å². The molecule has 1 saturated heterocycles. The largest absolute Gasteiger partial charge is 0.505 e. The van der Waals surface area contributed by atoms with Crippen LogP contribution in [0.5, 0.6) is 5.75 Å². The second-order valence-electron chi connectivity index (χ2n) is 6.24. The molecule has 0 aromatic carbocycles. The van der Waals surface area contributed by atoms with Crippen molar-refractivity contribution >= 4 is 50.5 Å². The van der Waals surface area contributed by atoms with Crippen LogP contribution in [-0.4, -0.2) is 25.4 Å². The lowest BCUT2D eigenvalue weighted by atomic mass is 9.88. The molecule has 3 heterocycles. The number of halogens is 1. The highest BCUT2D eigenvalue weighted by Crippen LogP contribution is 2.42. The van der Waals surface area contributed by atoms with Gasteiger partial charge >= 0.3 is 7.12 Å². The fourth-order valence-electron chi connectivity index (χ4n) is 2.18. The molecule has 1 aliphatic heterocycles. The fourth-order valence-corrected chi connectivity index (χ4v) is 4.88. The van der Waals surface area contributed by atoms with Crippen molar-refractivity contribution in [2.24, 2.45) is 0 Å². The van der Waals surface area contributed by atoms with Crippen molar-refractivity contribution in [3.05, 3.63) is 22.0 Å². The second-order valence-corrected chi connectivity index (χ2v) is 9.73. The first-order valence-corrected chi connectivity index (χ1v) is 9.45. The molecule has 3 rings (SSSR count). The van der Waals surface area contributed by atoms with Crippen LogP contribution in [0.4, 0.5) is 0 Å². The summed E-state index contributed by atoms with van der Waals surface area (Å²) >= 11 is 6.90. The monoisotopic (exact) mass is 400 g/mol. The van der Waals surface area contributed by atoms with Gasteiger partial charge in [-0.2, -0.15) is 0 Å². The Morgan fingerprint density at radius 3 is 2.23 bits per heavy atom. The third-order valence-corrected chi connectivity index (χ3v) is 7.31. The molecule has 1 aliphatic rings. The molecule has 2 aromatic rings. The number of methoxy groups -OCH3 is 1. The lowest BCUT2D eigenvalue weighted by molar-refractivity contribution is 0.00578. The fraction of sp³-hybridized carbons (Fsp3) is 0.467. The average molecular weight is 401 g/mol. The Hall–Kier alpha value is -0.335. The summed E-state index contributed by atoms with van der Waals surface area (Å²) < 4.78 is 19.6. The summed E-state index contributed by atoms with van der Waals surface area (Å²) in [5, 5.41) is 0. The summed E-state index contributed by atoms with van der Waals surface area (Å²) in [7, 11) is 1.38. The van der Waals surface area contributed by atoms with Crippen molar-refractivity contribution in [3.63, 3.8) is 0 Å². The lowest BCUT2D eigenvalue weighted by Crippen LogP contribution is -2.41. The topological polar surface area (TPSA) is 27.7 Å². The molecule has 118 valence electrons. The predicted molar refractivity (Wildman–Crippen MR) is 97.6 cm³/mol. The molecule has 3 nitrogen and oxygen atoms in total. The standard InChI is InChI=1S/C15H18BBrO3S2/c1-14(2)15(3,4)20-16(19-14)12-7-6-10(21-12)11-8-9(18-5)13(17)22-11/h6-8H,1-5H3. The number of thiophene rings is 2. The van der Waals surface area contributed by atoms with Crippen LogP contribution in [0.1, 0.15) is 27.7 Å². The van der Waals surface area contributed by atoms with Crippen LogP contribution in [0, 0.1) is 0 Å². The molecule has 0 N–H and O–H groups in total. The van der Waals surface area contributed by atoms with Crippen LogP contribution >= 0.6 is 38.6 Å². The van der Waals surface area contributed by atoms with Gasteiger partial charge in [0.1, 0.15) is 9.54 Å². The predicted octanol–water partition coefficient (Wildman–Crippen LogP) is 4.55. The smallest absolute Gasteiger partial charge is 0.495 e. The van der Waals surface area contributed by atoms with Crippen LogP contribution in [0.2, 0.25) is 0 Å². The van der Waals surface area contributed by atoms with E-state index in [9.17, 15) is 0 Å². The molecule has 2 aromatic heterocycles. The second kappa shape index (κ2) is 5.63. The first kappa shape index (κ1) is 16.5. The Bertz CT molecular complexity index is 677. The van der Waals surface area contributed by atoms with Crippen molar-refractivity contribution < 1.29 is 14.0 Å². The van der Waals surface area contributed by atoms with Gasteiger partial charge in [0.15, 0.2) is 0 Å². The Morgan fingerprint density at radius 1 is 1.05 bits per heavy atom. The van der Waals surface area contributed by atoms with E-state index in [2.05, 4.69) is 61.8 Å². The minimum Gasteiger partial charge on any atom is -0.495 e. The molecule has 22 heavy (non-hydrogen) atoms. The quantitative estimate of drug-likeness (QED) is 0.707. The van der Waals surface area contributed by atoms with Crippen molar-refractivity contribution in [1.82, 2.24) is 0 Å². The van der Waals surface area contributed by atoms with E-state index in [-0.39, 0.29) is 18.3 Å². The van der Waals surface area contributed by atoms with Crippen LogP contribution in [-0.2, 0) is 9.31 Å². The van der Waals surface area contributed by atoms with E-state index >= 15 is 0 Å².